The van der Waals surface area contributed by atoms with Crippen LogP contribution in [0.5, 0.6) is 5.75 Å². The average Bonchev–Trinajstić information content (AvgIpc) is 2.62. The summed E-state index contributed by atoms with van der Waals surface area (Å²) in [6, 6.07) is 7.56. The van der Waals surface area contributed by atoms with E-state index in [9.17, 15) is 14.7 Å². The molecule has 1 aromatic carbocycles. The summed E-state index contributed by atoms with van der Waals surface area (Å²) in [4.78, 5) is 24.5. The highest BCUT2D eigenvalue weighted by Gasteiger charge is 2.29. The number of ether oxygens (including phenoxy) is 2. The molecule has 1 heterocycles. The lowest BCUT2D eigenvalue weighted by molar-refractivity contribution is -0.144. The van der Waals surface area contributed by atoms with Crippen molar-refractivity contribution in [2.24, 2.45) is 11.8 Å². The van der Waals surface area contributed by atoms with Crippen LogP contribution in [0.4, 0.5) is 0 Å². The summed E-state index contributed by atoms with van der Waals surface area (Å²) in [7, 11) is 0. The molecule has 0 radical (unpaired) electrons. The fraction of sp³-hybridized carbons (Fsp3) is 0.556. The molecule has 1 aliphatic heterocycles. The van der Waals surface area contributed by atoms with Gasteiger partial charge in [-0.2, -0.15) is 0 Å². The second kappa shape index (κ2) is 10.3. The number of aliphatic carboxylic acids is 1. The minimum Gasteiger partial charge on any atom is -0.494 e. The fourth-order valence-electron chi connectivity index (χ4n) is 2.80. The number of rotatable bonds is 9. The fourth-order valence-corrected chi connectivity index (χ4v) is 3.52. The zero-order chi connectivity index (χ0) is 18.1. The first-order valence-corrected chi connectivity index (χ1v) is 9.51. The predicted molar refractivity (Wildman–Crippen MR) is 96.0 cm³/mol. The van der Waals surface area contributed by atoms with Crippen molar-refractivity contribution in [3.63, 3.8) is 0 Å². The van der Waals surface area contributed by atoms with Crippen molar-refractivity contribution in [2.75, 3.05) is 32.1 Å². The molecule has 2 rings (SSSR count). The average molecular weight is 367 g/mol. The Morgan fingerprint density at radius 1 is 1.32 bits per heavy atom. The Morgan fingerprint density at radius 3 is 2.60 bits per heavy atom. The van der Waals surface area contributed by atoms with Crippen LogP contribution in [0, 0.1) is 11.8 Å². The van der Waals surface area contributed by atoms with Crippen LogP contribution in [-0.4, -0.2) is 49.1 Å². The molecular formula is C18H25NO5S. The third-order valence-electron chi connectivity index (χ3n) is 4.18. The van der Waals surface area contributed by atoms with E-state index in [1.807, 2.05) is 31.2 Å². The number of carbonyl (C=O) groups is 2. The van der Waals surface area contributed by atoms with Crippen LogP contribution in [0.1, 0.15) is 19.8 Å². The Morgan fingerprint density at radius 2 is 2.00 bits per heavy atom. The van der Waals surface area contributed by atoms with Gasteiger partial charge in [0, 0.05) is 24.7 Å². The lowest BCUT2D eigenvalue weighted by Crippen LogP contribution is -2.39. The molecule has 1 amide bonds. The summed E-state index contributed by atoms with van der Waals surface area (Å²) < 4.78 is 10.7. The number of carboxylic acid groups (broad SMARTS) is 1. The number of carbonyl (C=O) groups excluding carboxylic acids is 1. The van der Waals surface area contributed by atoms with Crippen molar-refractivity contribution >= 4 is 23.6 Å². The molecule has 7 heteroatoms. The Balaban J connectivity index is 1.75. The van der Waals surface area contributed by atoms with Gasteiger partial charge in [0.05, 0.1) is 18.3 Å². The molecule has 1 aliphatic rings. The molecule has 138 valence electrons. The molecule has 1 unspecified atom stereocenters. The van der Waals surface area contributed by atoms with Gasteiger partial charge in [-0.05, 0) is 49.9 Å². The maximum absolute atomic E-state index is 12.0. The highest BCUT2D eigenvalue weighted by atomic mass is 32.2. The summed E-state index contributed by atoms with van der Waals surface area (Å²) in [5, 5.41) is 12.2. The van der Waals surface area contributed by atoms with E-state index in [0.29, 0.717) is 19.8 Å². The number of amides is 1. The molecule has 6 nitrogen and oxygen atoms in total. The van der Waals surface area contributed by atoms with Gasteiger partial charge in [-0.3, -0.25) is 9.59 Å². The van der Waals surface area contributed by atoms with E-state index < -0.39 is 11.9 Å². The molecule has 0 saturated carbocycles. The summed E-state index contributed by atoms with van der Waals surface area (Å²) in [5.41, 5.74) is 0. The summed E-state index contributed by atoms with van der Waals surface area (Å²) in [6.45, 7) is 3.90. The van der Waals surface area contributed by atoms with Gasteiger partial charge in [0.2, 0.25) is 5.91 Å². The third kappa shape index (κ3) is 6.59. The topological polar surface area (TPSA) is 84.9 Å². The summed E-state index contributed by atoms with van der Waals surface area (Å²) >= 11 is 1.42. The molecule has 1 saturated heterocycles. The van der Waals surface area contributed by atoms with Gasteiger partial charge < -0.3 is 19.9 Å². The van der Waals surface area contributed by atoms with Gasteiger partial charge in [0.1, 0.15) is 5.75 Å². The van der Waals surface area contributed by atoms with E-state index in [1.54, 1.807) is 0 Å². The predicted octanol–water partition coefficient (Wildman–Crippen LogP) is 2.42. The second-order valence-electron chi connectivity index (χ2n) is 5.89. The summed E-state index contributed by atoms with van der Waals surface area (Å²) in [5.74, 6) is -0.442. The molecule has 1 fully saturated rings. The maximum atomic E-state index is 12.0. The van der Waals surface area contributed by atoms with Gasteiger partial charge in [-0.1, -0.05) is 0 Å². The number of nitrogens with one attached hydrogen (secondary N) is 1. The quantitative estimate of drug-likeness (QED) is 0.652. The minimum atomic E-state index is -0.855. The number of carboxylic acids is 1. The van der Waals surface area contributed by atoms with Crippen LogP contribution >= 0.6 is 11.8 Å². The zero-order valence-electron chi connectivity index (χ0n) is 14.4. The van der Waals surface area contributed by atoms with Gasteiger partial charge in [-0.25, -0.2) is 0 Å². The zero-order valence-corrected chi connectivity index (χ0v) is 15.2. The van der Waals surface area contributed by atoms with Crippen LogP contribution in [0.15, 0.2) is 29.2 Å². The molecule has 1 aromatic rings. The van der Waals surface area contributed by atoms with Gasteiger partial charge >= 0.3 is 5.97 Å². The number of benzene rings is 1. The third-order valence-corrected chi connectivity index (χ3v) is 5.19. The standard InChI is InChI=1S/C18H25NO5S/c1-2-24-14-3-5-15(6-4-14)25-12-17(20)19-11-16(18(21)22)13-7-9-23-10-8-13/h3-6,13,16H,2,7-12H2,1H3,(H,19,20)(H,21,22). The molecule has 1 atom stereocenters. The Bertz CT molecular complexity index is 557. The normalized spacial score (nSPS) is 16.2. The number of hydrogen-bond donors (Lipinski definition) is 2. The van der Waals surface area contributed by atoms with Crippen LogP contribution in [0.3, 0.4) is 0 Å². The van der Waals surface area contributed by atoms with E-state index in [1.165, 1.54) is 11.8 Å². The highest BCUT2D eigenvalue weighted by molar-refractivity contribution is 8.00. The molecular weight excluding hydrogens is 342 g/mol. The van der Waals surface area contributed by atoms with Gasteiger partial charge in [0.15, 0.2) is 0 Å². The molecule has 0 aliphatic carbocycles. The van der Waals surface area contributed by atoms with E-state index in [0.717, 1.165) is 23.5 Å². The monoisotopic (exact) mass is 367 g/mol. The van der Waals surface area contributed by atoms with Crippen molar-refractivity contribution in [1.82, 2.24) is 5.32 Å². The molecule has 25 heavy (non-hydrogen) atoms. The maximum Gasteiger partial charge on any atom is 0.308 e. The molecule has 0 aromatic heterocycles. The molecule has 2 N–H and O–H groups in total. The van der Waals surface area contributed by atoms with Crippen LogP contribution in [0.2, 0.25) is 0 Å². The van der Waals surface area contributed by atoms with Crippen LogP contribution in [-0.2, 0) is 14.3 Å². The van der Waals surface area contributed by atoms with Gasteiger partial charge in [0.25, 0.3) is 0 Å². The first kappa shape index (κ1) is 19.6. The van der Waals surface area contributed by atoms with Crippen LogP contribution in [0.25, 0.3) is 0 Å². The number of hydrogen-bond acceptors (Lipinski definition) is 5. The Kier molecular flexibility index (Phi) is 8.08. The highest BCUT2D eigenvalue weighted by Crippen LogP contribution is 2.24. The SMILES string of the molecule is CCOc1ccc(SCC(=O)NCC(C(=O)O)C2CCOCC2)cc1. The van der Waals surface area contributed by atoms with E-state index in [2.05, 4.69) is 5.32 Å². The largest absolute Gasteiger partial charge is 0.494 e. The van der Waals surface area contributed by atoms with Crippen molar-refractivity contribution < 1.29 is 24.2 Å². The first-order chi connectivity index (χ1) is 12.1. The first-order valence-electron chi connectivity index (χ1n) is 8.53. The Labute approximate surface area is 152 Å². The van der Waals surface area contributed by atoms with Crippen LogP contribution < -0.4 is 10.1 Å². The lowest BCUT2D eigenvalue weighted by Gasteiger charge is -2.27. The van der Waals surface area contributed by atoms with E-state index in [4.69, 9.17) is 9.47 Å². The van der Waals surface area contributed by atoms with E-state index in [-0.39, 0.29) is 24.1 Å². The van der Waals surface area contributed by atoms with E-state index >= 15 is 0 Å². The minimum absolute atomic E-state index is 0.0605. The van der Waals surface area contributed by atoms with Crippen molar-refractivity contribution in [3.05, 3.63) is 24.3 Å². The lowest BCUT2D eigenvalue weighted by atomic mass is 9.86. The van der Waals surface area contributed by atoms with Crippen molar-refractivity contribution in [1.29, 1.82) is 0 Å². The van der Waals surface area contributed by atoms with Crippen molar-refractivity contribution in [2.45, 2.75) is 24.7 Å². The van der Waals surface area contributed by atoms with Crippen molar-refractivity contribution in [3.8, 4) is 5.75 Å². The van der Waals surface area contributed by atoms with Gasteiger partial charge in [-0.15, -0.1) is 11.8 Å². The second-order valence-corrected chi connectivity index (χ2v) is 6.94. The Hall–Kier alpha value is -1.73. The smallest absolute Gasteiger partial charge is 0.308 e. The summed E-state index contributed by atoms with van der Waals surface area (Å²) in [6.07, 6.45) is 1.46. The molecule has 0 bridgehead atoms. The molecule has 0 spiro atoms. The number of thioether (sulfide) groups is 1.